The Morgan fingerprint density at radius 2 is 1.82 bits per heavy atom. The average molecular weight is 238 g/mol. The second-order valence-electron chi connectivity index (χ2n) is 3.45. The molecule has 92 valence electrons. The van der Waals surface area contributed by atoms with Crippen molar-refractivity contribution < 1.29 is 24.5 Å². The molecule has 0 saturated carbocycles. The van der Waals surface area contributed by atoms with E-state index in [4.69, 9.17) is 9.47 Å². The summed E-state index contributed by atoms with van der Waals surface area (Å²) in [5, 5.41) is 18.3. The van der Waals surface area contributed by atoms with Crippen LogP contribution < -0.4 is 4.74 Å². The second-order valence-corrected chi connectivity index (χ2v) is 3.45. The topological polar surface area (TPSA) is 76.0 Å². The molecule has 1 rings (SSSR count). The third kappa shape index (κ3) is 4.46. The summed E-state index contributed by atoms with van der Waals surface area (Å²) in [5.41, 5.74) is 0.319. The molecule has 0 atom stereocenters. The van der Waals surface area contributed by atoms with E-state index in [0.29, 0.717) is 11.3 Å². The van der Waals surface area contributed by atoms with E-state index in [1.165, 1.54) is 18.2 Å². The predicted molar refractivity (Wildman–Crippen MR) is 61.0 cm³/mol. The summed E-state index contributed by atoms with van der Waals surface area (Å²) in [6.45, 7) is 5.18. The number of phenols is 2. The number of phenolic OH excluding ortho intramolecular Hbond substituents is 2. The molecule has 0 aromatic heterocycles. The number of benzene rings is 1. The summed E-state index contributed by atoms with van der Waals surface area (Å²) in [7, 11) is 0. The number of carbonyl (C=O) groups is 1. The fourth-order valence-corrected chi connectivity index (χ4v) is 1.07. The van der Waals surface area contributed by atoms with Gasteiger partial charge in [-0.3, -0.25) is 0 Å². The van der Waals surface area contributed by atoms with Gasteiger partial charge in [-0.1, -0.05) is 6.58 Å². The molecule has 0 bridgehead atoms. The van der Waals surface area contributed by atoms with Gasteiger partial charge in [-0.15, -0.1) is 0 Å². The fourth-order valence-electron chi connectivity index (χ4n) is 1.07. The lowest BCUT2D eigenvalue weighted by molar-refractivity contribution is -0.139. The van der Waals surface area contributed by atoms with Crippen LogP contribution in [0, 0.1) is 0 Å². The second kappa shape index (κ2) is 5.79. The Morgan fingerprint density at radius 3 is 2.35 bits per heavy atom. The fraction of sp³-hybridized carbons (Fsp3) is 0.250. The molecule has 0 heterocycles. The van der Waals surface area contributed by atoms with Gasteiger partial charge in [0, 0.05) is 23.8 Å². The van der Waals surface area contributed by atoms with Crippen molar-refractivity contribution in [2.45, 2.75) is 6.92 Å². The molecule has 0 fully saturated rings. The van der Waals surface area contributed by atoms with Gasteiger partial charge in [0.2, 0.25) is 0 Å². The molecule has 0 aliphatic rings. The molecule has 0 unspecified atom stereocenters. The number of ether oxygens (including phenoxy) is 2. The van der Waals surface area contributed by atoms with Crippen LogP contribution in [-0.4, -0.2) is 29.4 Å². The molecule has 0 saturated heterocycles. The Bertz CT molecular complexity index is 405. The number of hydrogen-bond donors (Lipinski definition) is 2. The van der Waals surface area contributed by atoms with Crippen LogP contribution in [0.3, 0.4) is 0 Å². The van der Waals surface area contributed by atoms with Gasteiger partial charge in [0.15, 0.2) is 0 Å². The van der Waals surface area contributed by atoms with Gasteiger partial charge in [-0.2, -0.15) is 0 Å². The molecule has 5 heteroatoms. The first-order valence-corrected chi connectivity index (χ1v) is 4.97. The Kier molecular flexibility index (Phi) is 4.39. The minimum atomic E-state index is -0.479. The summed E-state index contributed by atoms with van der Waals surface area (Å²) >= 11 is 0. The maximum Gasteiger partial charge on any atom is 0.333 e. The van der Waals surface area contributed by atoms with Crippen molar-refractivity contribution in [3.63, 3.8) is 0 Å². The van der Waals surface area contributed by atoms with Crippen molar-refractivity contribution in [1.82, 2.24) is 0 Å². The first-order chi connectivity index (χ1) is 7.99. The minimum absolute atomic E-state index is 0.0715. The highest BCUT2D eigenvalue weighted by atomic mass is 16.6. The van der Waals surface area contributed by atoms with Crippen molar-refractivity contribution in [2.24, 2.45) is 0 Å². The van der Waals surface area contributed by atoms with Crippen LogP contribution in [0.5, 0.6) is 17.2 Å². The Labute approximate surface area is 98.9 Å². The molecule has 0 aliphatic carbocycles. The predicted octanol–water partition coefficient (Wildman–Crippen LogP) is 1.60. The average Bonchev–Trinajstić information content (AvgIpc) is 2.22. The van der Waals surface area contributed by atoms with Gasteiger partial charge < -0.3 is 19.7 Å². The maximum atomic E-state index is 11.0. The van der Waals surface area contributed by atoms with Gasteiger partial charge >= 0.3 is 5.97 Å². The largest absolute Gasteiger partial charge is 0.508 e. The van der Waals surface area contributed by atoms with E-state index < -0.39 is 5.97 Å². The number of carbonyl (C=O) groups excluding carboxylic acids is 1. The first-order valence-electron chi connectivity index (χ1n) is 4.97. The number of esters is 1. The molecule has 2 N–H and O–H groups in total. The molecular weight excluding hydrogens is 224 g/mol. The molecule has 0 radical (unpaired) electrons. The van der Waals surface area contributed by atoms with Gasteiger partial charge in [-0.05, 0) is 6.92 Å². The van der Waals surface area contributed by atoms with Crippen LogP contribution in [0.1, 0.15) is 6.92 Å². The van der Waals surface area contributed by atoms with Crippen molar-refractivity contribution in [3.05, 3.63) is 30.4 Å². The number of rotatable bonds is 5. The molecule has 1 aromatic rings. The molecule has 0 spiro atoms. The van der Waals surface area contributed by atoms with E-state index in [0.717, 1.165) is 0 Å². The van der Waals surface area contributed by atoms with Crippen LogP contribution in [-0.2, 0) is 9.53 Å². The SMILES string of the molecule is C=C(C)C(=O)OCCOc1cc(O)cc(O)c1. The van der Waals surface area contributed by atoms with E-state index >= 15 is 0 Å². The van der Waals surface area contributed by atoms with Gasteiger partial charge in [0.1, 0.15) is 30.5 Å². The lowest BCUT2D eigenvalue weighted by Gasteiger charge is -2.08. The summed E-state index contributed by atoms with van der Waals surface area (Å²) in [5.74, 6) is -0.376. The standard InChI is InChI=1S/C12H14O5/c1-8(2)12(15)17-4-3-16-11-6-9(13)5-10(14)7-11/h5-7,13-14H,1,3-4H2,2H3. The van der Waals surface area contributed by atoms with E-state index in [-0.39, 0.29) is 24.7 Å². The third-order valence-electron chi connectivity index (χ3n) is 1.81. The molecule has 17 heavy (non-hydrogen) atoms. The Morgan fingerprint density at radius 1 is 1.24 bits per heavy atom. The van der Waals surface area contributed by atoms with Crippen molar-refractivity contribution >= 4 is 5.97 Å². The Balaban J connectivity index is 2.36. The zero-order chi connectivity index (χ0) is 12.8. The highest BCUT2D eigenvalue weighted by molar-refractivity contribution is 5.86. The lowest BCUT2D eigenvalue weighted by atomic mass is 10.3. The molecule has 0 aliphatic heterocycles. The molecule has 5 nitrogen and oxygen atoms in total. The van der Waals surface area contributed by atoms with Crippen molar-refractivity contribution in [2.75, 3.05) is 13.2 Å². The molecule has 0 amide bonds. The van der Waals surface area contributed by atoms with Gasteiger partial charge in [0.05, 0.1) is 0 Å². The van der Waals surface area contributed by atoms with Crippen molar-refractivity contribution in [3.8, 4) is 17.2 Å². The highest BCUT2D eigenvalue weighted by Crippen LogP contribution is 2.25. The number of hydrogen-bond acceptors (Lipinski definition) is 5. The van der Waals surface area contributed by atoms with E-state index in [9.17, 15) is 15.0 Å². The zero-order valence-electron chi connectivity index (χ0n) is 9.47. The highest BCUT2D eigenvalue weighted by Gasteiger charge is 2.03. The summed E-state index contributed by atoms with van der Waals surface area (Å²) in [6, 6.07) is 3.88. The lowest BCUT2D eigenvalue weighted by Crippen LogP contribution is -2.12. The first kappa shape index (κ1) is 12.9. The Hall–Kier alpha value is -2.17. The van der Waals surface area contributed by atoms with E-state index in [2.05, 4.69) is 6.58 Å². The van der Waals surface area contributed by atoms with Crippen molar-refractivity contribution in [1.29, 1.82) is 0 Å². The summed E-state index contributed by atoms with van der Waals surface area (Å²) in [6.07, 6.45) is 0. The van der Waals surface area contributed by atoms with E-state index in [1.807, 2.05) is 0 Å². The number of aromatic hydroxyl groups is 2. The van der Waals surface area contributed by atoms with Gasteiger partial charge in [0.25, 0.3) is 0 Å². The normalized spacial score (nSPS) is 9.71. The van der Waals surface area contributed by atoms with Crippen LogP contribution >= 0.6 is 0 Å². The van der Waals surface area contributed by atoms with Gasteiger partial charge in [-0.25, -0.2) is 4.79 Å². The molecular formula is C12H14O5. The van der Waals surface area contributed by atoms with Crippen LogP contribution in [0.2, 0.25) is 0 Å². The smallest absolute Gasteiger partial charge is 0.333 e. The molecule has 1 aromatic carbocycles. The third-order valence-corrected chi connectivity index (χ3v) is 1.81. The quantitative estimate of drug-likeness (QED) is 0.463. The zero-order valence-corrected chi connectivity index (χ0v) is 9.47. The summed E-state index contributed by atoms with van der Waals surface area (Å²) < 4.78 is 9.97. The van der Waals surface area contributed by atoms with Crippen LogP contribution in [0.15, 0.2) is 30.4 Å². The van der Waals surface area contributed by atoms with Crippen LogP contribution in [0.25, 0.3) is 0 Å². The van der Waals surface area contributed by atoms with E-state index in [1.54, 1.807) is 6.92 Å². The van der Waals surface area contributed by atoms with Crippen LogP contribution in [0.4, 0.5) is 0 Å². The minimum Gasteiger partial charge on any atom is -0.508 e. The maximum absolute atomic E-state index is 11.0. The monoisotopic (exact) mass is 238 g/mol. The summed E-state index contributed by atoms with van der Waals surface area (Å²) in [4.78, 5) is 11.0.